The summed E-state index contributed by atoms with van der Waals surface area (Å²) in [4.78, 5) is 12.1. The minimum Gasteiger partial charge on any atom is -0.489 e. The van der Waals surface area contributed by atoms with E-state index in [4.69, 9.17) is 16.3 Å². The predicted molar refractivity (Wildman–Crippen MR) is 77.2 cm³/mol. The van der Waals surface area contributed by atoms with Crippen LogP contribution < -0.4 is 10.1 Å². The summed E-state index contributed by atoms with van der Waals surface area (Å²) in [6.07, 6.45) is 0.0170. The molecule has 5 nitrogen and oxygen atoms in total. The number of para-hydroxylation sites is 2. The van der Waals surface area contributed by atoms with Gasteiger partial charge in [-0.2, -0.15) is 0 Å². The second-order valence-corrected chi connectivity index (χ2v) is 4.75. The first-order valence-electron chi connectivity index (χ1n) is 6.12. The van der Waals surface area contributed by atoms with Crippen LogP contribution in [0.25, 0.3) is 0 Å². The molecular weight excluding hydrogens is 278 g/mol. The van der Waals surface area contributed by atoms with Crippen molar-refractivity contribution in [3.63, 3.8) is 0 Å². The van der Waals surface area contributed by atoms with E-state index >= 15 is 0 Å². The summed E-state index contributed by atoms with van der Waals surface area (Å²) in [7, 11) is 0. The summed E-state index contributed by atoms with van der Waals surface area (Å²) in [6.45, 7) is 3.84. The molecule has 1 heterocycles. The van der Waals surface area contributed by atoms with Crippen LogP contribution >= 0.6 is 11.6 Å². The Morgan fingerprint density at radius 3 is 2.60 bits per heavy atom. The highest BCUT2D eigenvalue weighted by molar-refractivity contribution is 6.29. The highest BCUT2D eigenvalue weighted by Crippen LogP contribution is 2.25. The third-order valence-corrected chi connectivity index (χ3v) is 2.56. The zero-order valence-corrected chi connectivity index (χ0v) is 11.9. The lowest BCUT2D eigenvalue weighted by Gasteiger charge is -2.14. The summed E-state index contributed by atoms with van der Waals surface area (Å²) in [5.74, 6) is 0.242. The topological polar surface area (TPSA) is 64.1 Å². The van der Waals surface area contributed by atoms with Crippen LogP contribution in [0.2, 0.25) is 5.15 Å². The lowest BCUT2D eigenvalue weighted by Crippen LogP contribution is -2.16. The fourth-order valence-electron chi connectivity index (χ4n) is 1.55. The van der Waals surface area contributed by atoms with E-state index in [2.05, 4.69) is 15.5 Å². The summed E-state index contributed by atoms with van der Waals surface area (Å²) < 4.78 is 5.63. The Kier molecular flexibility index (Phi) is 4.53. The smallest absolute Gasteiger partial charge is 0.276 e. The van der Waals surface area contributed by atoms with Crippen molar-refractivity contribution in [3.8, 4) is 5.75 Å². The van der Waals surface area contributed by atoms with Crippen LogP contribution in [0.3, 0.4) is 0 Å². The molecule has 0 saturated carbocycles. The van der Waals surface area contributed by atoms with Gasteiger partial charge in [-0.25, -0.2) is 0 Å². The Labute approximate surface area is 121 Å². The lowest BCUT2D eigenvalue weighted by atomic mass is 10.2. The molecule has 0 aliphatic carbocycles. The van der Waals surface area contributed by atoms with Crippen molar-refractivity contribution in [1.82, 2.24) is 10.2 Å². The summed E-state index contributed by atoms with van der Waals surface area (Å²) in [6, 6.07) is 10.2. The van der Waals surface area contributed by atoms with Crippen molar-refractivity contribution >= 4 is 23.2 Å². The molecule has 104 valence electrons. The Hall–Kier alpha value is -2.14. The molecule has 1 aromatic carbocycles. The van der Waals surface area contributed by atoms with E-state index in [9.17, 15) is 4.79 Å². The maximum absolute atomic E-state index is 12.1. The number of benzene rings is 1. The van der Waals surface area contributed by atoms with Crippen molar-refractivity contribution in [2.45, 2.75) is 20.0 Å². The molecule has 0 aliphatic rings. The largest absolute Gasteiger partial charge is 0.489 e. The van der Waals surface area contributed by atoms with Gasteiger partial charge in [0.25, 0.3) is 5.91 Å². The third-order valence-electron chi connectivity index (χ3n) is 2.36. The minimum absolute atomic E-state index is 0.0170. The molecule has 0 bridgehead atoms. The zero-order valence-electron chi connectivity index (χ0n) is 11.1. The quantitative estimate of drug-likeness (QED) is 0.940. The Morgan fingerprint density at radius 2 is 1.95 bits per heavy atom. The fraction of sp³-hybridized carbons (Fsp3) is 0.214. The van der Waals surface area contributed by atoms with Crippen LogP contribution in [0, 0.1) is 0 Å². The van der Waals surface area contributed by atoms with Crippen LogP contribution in [-0.4, -0.2) is 22.2 Å². The van der Waals surface area contributed by atoms with Gasteiger partial charge in [-0.05, 0) is 38.1 Å². The second-order valence-electron chi connectivity index (χ2n) is 4.36. The van der Waals surface area contributed by atoms with E-state index in [0.29, 0.717) is 11.4 Å². The molecule has 1 amide bonds. The molecule has 0 unspecified atom stereocenters. The molecule has 1 N–H and O–H groups in total. The SMILES string of the molecule is CC(C)Oc1ccccc1NC(=O)c1ccc(Cl)nn1. The van der Waals surface area contributed by atoms with Gasteiger partial charge in [0.05, 0.1) is 11.8 Å². The molecule has 0 fully saturated rings. The first-order valence-corrected chi connectivity index (χ1v) is 6.50. The van der Waals surface area contributed by atoms with Crippen molar-refractivity contribution in [2.75, 3.05) is 5.32 Å². The molecule has 2 rings (SSSR count). The van der Waals surface area contributed by atoms with Gasteiger partial charge in [0.1, 0.15) is 5.75 Å². The minimum atomic E-state index is -0.367. The normalized spacial score (nSPS) is 10.4. The Bertz CT molecular complexity index is 600. The second kappa shape index (κ2) is 6.34. The Morgan fingerprint density at radius 1 is 1.20 bits per heavy atom. The fourth-order valence-corrected chi connectivity index (χ4v) is 1.65. The molecule has 0 saturated heterocycles. The van der Waals surface area contributed by atoms with Gasteiger partial charge in [-0.15, -0.1) is 10.2 Å². The maximum Gasteiger partial charge on any atom is 0.276 e. The zero-order chi connectivity index (χ0) is 14.5. The summed E-state index contributed by atoms with van der Waals surface area (Å²) >= 11 is 5.63. The molecule has 1 aromatic heterocycles. The average molecular weight is 292 g/mol. The Balaban J connectivity index is 2.17. The van der Waals surface area contributed by atoms with Gasteiger partial charge < -0.3 is 10.1 Å². The summed E-state index contributed by atoms with van der Waals surface area (Å²) in [5.41, 5.74) is 0.775. The number of halogens is 1. The van der Waals surface area contributed by atoms with E-state index in [-0.39, 0.29) is 22.9 Å². The van der Waals surface area contributed by atoms with Crippen molar-refractivity contribution < 1.29 is 9.53 Å². The van der Waals surface area contributed by atoms with Crippen LogP contribution in [0.1, 0.15) is 24.3 Å². The molecule has 0 radical (unpaired) electrons. The van der Waals surface area contributed by atoms with E-state index in [1.807, 2.05) is 26.0 Å². The molecular formula is C14H14ClN3O2. The number of ether oxygens (including phenoxy) is 1. The van der Waals surface area contributed by atoms with Gasteiger partial charge in [0.15, 0.2) is 10.8 Å². The van der Waals surface area contributed by atoms with Crippen LogP contribution in [-0.2, 0) is 0 Å². The molecule has 0 atom stereocenters. The highest BCUT2D eigenvalue weighted by Gasteiger charge is 2.12. The number of nitrogens with zero attached hydrogens (tertiary/aromatic N) is 2. The van der Waals surface area contributed by atoms with Gasteiger partial charge in [-0.3, -0.25) is 4.79 Å². The van der Waals surface area contributed by atoms with Gasteiger partial charge in [0, 0.05) is 0 Å². The summed E-state index contributed by atoms with van der Waals surface area (Å²) in [5, 5.41) is 10.3. The van der Waals surface area contributed by atoms with Crippen LogP contribution in [0.4, 0.5) is 5.69 Å². The molecule has 20 heavy (non-hydrogen) atoms. The number of carbonyl (C=O) groups excluding carboxylic acids is 1. The molecule has 0 spiro atoms. The van der Waals surface area contributed by atoms with E-state index in [1.54, 1.807) is 12.1 Å². The number of hydrogen-bond donors (Lipinski definition) is 1. The number of nitrogens with one attached hydrogen (secondary N) is 1. The molecule has 0 aliphatic heterocycles. The average Bonchev–Trinajstić information content (AvgIpc) is 2.41. The van der Waals surface area contributed by atoms with Gasteiger partial charge >= 0.3 is 0 Å². The predicted octanol–water partition coefficient (Wildman–Crippen LogP) is 3.17. The van der Waals surface area contributed by atoms with Crippen molar-refractivity contribution in [3.05, 3.63) is 47.2 Å². The van der Waals surface area contributed by atoms with Crippen LogP contribution in [0.15, 0.2) is 36.4 Å². The van der Waals surface area contributed by atoms with E-state index < -0.39 is 0 Å². The molecule has 2 aromatic rings. The number of amides is 1. The standard InChI is InChI=1S/C14H14ClN3O2/c1-9(2)20-12-6-4-3-5-10(12)16-14(19)11-7-8-13(15)18-17-11/h3-9H,1-2H3,(H,16,19). The number of aromatic nitrogens is 2. The number of carbonyl (C=O) groups is 1. The van der Waals surface area contributed by atoms with Crippen molar-refractivity contribution in [2.24, 2.45) is 0 Å². The first kappa shape index (κ1) is 14.3. The molecule has 6 heteroatoms. The lowest BCUT2D eigenvalue weighted by molar-refractivity contribution is 0.102. The van der Waals surface area contributed by atoms with E-state index in [0.717, 1.165) is 0 Å². The maximum atomic E-state index is 12.1. The number of rotatable bonds is 4. The third kappa shape index (κ3) is 3.68. The highest BCUT2D eigenvalue weighted by atomic mass is 35.5. The van der Waals surface area contributed by atoms with Crippen LogP contribution in [0.5, 0.6) is 5.75 Å². The van der Waals surface area contributed by atoms with Gasteiger partial charge in [-0.1, -0.05) is 23.7 Å². The number of hydrogen-bond acceptors (Lipinski definition) is 4. The monoisotopic (exact) mass is 291 g/mol. The van der Waals surface area contributed by atoms with E-state index in [1.165, 1.54) is 12.1 Å². The first-order chi connectivity index (χ1) is 9.56. The number of anilines is 1. The van der Waals surface area contributed by atoms with Gasteiger partial charge in [0.2, 0.25) is 0 Å². The van der Waals surface area contributed by atoms with Crippen molar-refractivity contribution in [1.29, 1.82) is 0 Å².